The van der Waals surface area contributed by atoms with E-state index in [1.807, 2.05) is 19.1 Å². The minimum absolute atomic E-state index is 0.175. The predicted octanol–water partition coefficient (Wildman–Crippen LogP) is 3.79. The van der Waals surface area contributed by atoms with Gasteiger partial charge >= 0.3 is 0 Å². The monoisotopic (exact) mass is 291 g/mol. The third-order valence-electron chi connectivity index (χ3n) is 4.42. The summed E-state index contributed by atoms with van der Waals surface area (Å²) in [5, 5.41) is 14.3. The Morgan fingerprint density at radius 3 is 2.76 bits per heavy atom. The van der Waals surface area contributed by atoms with Crippen LogP contribution in [0, 0.1) is 10.1 Å². The van der Waals surface area contributed by atoms with Crippen LogP contribution in [-0.4, -0.2) is 28.5 Å². The van der Waals surface area contributed by atoms with Crippen LogP contribution in [0.15, 0.2) is 18.2 Å². The molecule has 1 saturated heterocycles. The molecule has 0 spiro atoms. The molecule has 1 aliphatic rings. The predicted molar refractivity (Wildman–Crippen MR) is 85.6 cm³/mol. The van der Waals surface area contributed by atoms with Crippen molar-refractivity contribution in [1.82, 2.24) is 4.90 Å². The van der Waals surface area contributed by atoms with Gasteiger partial charge in [-0.15, -0.1) is 0 Å². The third-order valence-corrected chi connectivity index (χ3v) is 4.42. The number of likely N-dealkylation sites (tertiary alicyclic amines) is 1. The van der Waals surface area contributed by atoms with E-state index < -0.39 is 0 Å². The molecule has 0 aliphatic carbocycles. The lowest BCUT2D eigenvalue weighted by atomic mass is 10.1. The first-order valence-corrected chi connectivity index (χ1v) is 7.83. The first-order chi connectivity index (χ1) is 10.1. The fourth-order valence-corrected chi connectivity index (χ4v) is 3.23. The van der Waals surface area contributed by atoms with E-state index in [4.69, 9.17) is 0 Å². The molecule has 5 nitrogen and oxygen atoms in total. The van der Waals surface area contributed by atoms with Crippen LogP contribution in [0.4, 0.5) is 11.4 Å². The van der Waals surface area contributed by atoms with E-state index in [1.165, 1.54) is 12.8 Å². The Morgan fingerprint density at radius 1 is 1.38 bits per heavy atom. The molecule has 1 N–H and O–H groups in total. The van der Waals surface area contributed by atoms with Crippen molar-refractivity contribution in [3.8, 4) is 0 Å². The van der Waals surface area contributed by atoms with E-state index in [0.29, 0.717) is 24.3 Å². The molecule has 0 aromatic heterocycles. The van der Waals surface area contributed by atoms with Gasteiger partial charge in [0.05, 0.1) is 4.92 Å². The Hall–Kier alpha value is -1.62. The Bertz CT molecular complexity index is 504. The maximum atomic E-state index is 11.2. The normalized spacial score (nSPS) is 22.4. The number of nitrogens with zero attached hydrogens (tertiary/aromatic N) is 2. The van der Waals surface area contributed by atoms with Crippen molar-refractivity contribution >= 4 is 11.4 Å². The van der Waals surface area contributed by atoms with Crippen LogP contribution in [0.1, 0.15) is 45.6 Å². The Labute approximate surface area is 126 Å². The van der Waals surface area contributed by atoms with Gasteiger partial charge in [0.1, 0.15) is 5.69 Å². The van der Waals surface area contributed by atoms with Crippen molar-refractivity contribution in [2.75, 3.05) is 11.9 Å². The van der Waals surface area contributed by atoms with Gasteiger partial charge in [0.15, 0.2) is 0 Å². The van der Waals surface area contributed by atoms with E-state index in [1.54, 1.807) is 6.07 Å². The summed E-state index contributed by atoms with van der Waals surface area (Å²) >= 11 is 0. The standard InChI is InChI=1S/C16H25N3O2/c1-4-14-8-6-12(3)18(14)11-13-7-9-15(17-5-2)16(10-13)19(20)21/h7,9-10,12,14,17H,4-6,8,11H2,1-3H3. The Kier molecular flexibility index (Phi) is 5.17. The zero-order valence-corrected chi connectivity index (χ0v) is 13.1. The van der Waals surface area contributed by atoms with Gasteiger partial charge in [-0.25, -0.2) is 0 Å². The van der Waals surface area contributed by atoms with E-state index >= 15 is 0 Å². The molecule has 2 rings (SSSR count). The molecule has 2 atom stereocenters. The van der Waals surface area contributed by atoms with Gasteiger partial charge in [-0.3, -0.25) is 15.0 Å². The van der Waals surface area contributed by atoms with Gasteiger partial charge in [0, 0.05) is 31.2 Å². The van der Waals surface area contributed by atoms with Crippen LogP contribution in [0.2, 0.25) is 0 Å². The molecule has 0 amide bonds. The Balaban J connectivity index is 2.20. The van der Waals surface area contributed by atoms with Gasteiger partial charge in [-0.2, -0.15) is 0 Å². The molecule has 0 bridgehead atoms. The highest BCUT2D eigenvalue weighted by Gasteiger charge is 2.29. The second-order valence-corrected chi connectivity index (χ2v) is 5.80. The van der Waals surface area contributed by atoms with Crippen LogP contribution in [0.5, 0.6) is 0 Å². The molecule has 0 radical (unpaired) electrons. The molecule has 1 heterocycles. The molecule has 2 unspecified atom stereocenters. The molecular weight excluding hydrogens is 266 g/mol. The quantitative estimate of drug-likeness (QED) is 0.640. The van der Waals surface area contributed by atoms with Crippen molar-refractivity contribution in [3.05, 3.63) is 33.9 Å². The number of rotatable bonds is 6. The highest BCUT2D eigenvalue weighted by atomic mass is 16.6. The fourth-order valence-electron chi connectivity index (χ4n) is 3.23. The molecule has 21 heavy (non-hydrogen) atoms. The van der Waals surface area contributed by atoms with E-state index in [-0.39, 0.29) is 10.6 Å². The Morgan fingerprint density at radius 2 is 2.14 bits per heavy atom. The topological polar surface area (TPSA) is 58.4 Å². The van der Waals surface area contributed by atoms with E-state index in [0.717, 1.165) is 18.5 Å². The van der Waals surface area contributed by atoms with Crippen molar-refractivity contribution in [2.24, 2.45) is 0 Å². The molecular formula is C16H25N3O2. The fraction of sp³-hybridized carbons (Fsp3) is 0.625. The summed E-state index contributed by atoms with van der Waals surface area (Å²) in [7, 11) is 0. The average Bonchev–Trinajstić information content (AvgIpc) is 2.81. The minimum atomic E-state index is -0.299. The first-order valence-electron chi connectivity index (χ1n) is 7.83. The number of nitrogens with one attached hydrogen (secondary N) is 1. The first kappa shape index (κ1) is 15.8. The summed E-state index contributed by atoms with van der Waals surface area (Å²) in [5.41, 5.74) is 1.80. The number of hydrogen-bond acceptors (Lipinski definition) is 4. The zero-order valence-electron chi connectivity index (χ0n) is 13.1. The van der Waals surface area contributed by atoms with Crippen molar-refractivity contribution in [3.63, 3.8) is 0 Å². The second-order valence-electron chi connectivity index (χ2n) is 5.80. The minimum Gasteiger partial charge on any atom is -0.380 e. The van der Waals surface area contributed by atoms with E-state index in [9.17, 15) is 10.1 Å². The number of hydrogen-bond donors (Lipinski definition) is 1. The lowest BCUT2D eigenvalue weighted by Crippen LogP contribution is -2.33. The SMILES string of the molecule is CCNc1ccc(CN2C(C)CCC2CC)cc1[N+](=O)[O-]. The molecule has 5 heteroatoms. The maximum Gasteiger partial charge on any atom is 0.292 e. The number of benzene rings is 1. The van der Waals surface area contributed by atoms with Crippen LogP contribution in [0.3, 0.4) is 0 Å². The summed E-state index contributed by atoms with van der Waals surface area (Å²) < 4.78 is 0. The molecule has 1 aromatic carbocycles. The van der Waals surface area contributed by atoms with Crippen LogP contribution < -0.4 is 5.32 Å². The van der Waals surface area contributed by atoms with Gasteiger partial charge < -0.3 is 5.32 Å². The molecule has 1 aromatic rings. The molecule has 116 valence electrons. The van der Waals surface area contributed by atoms with Gasteiger partial charge in [0.2, 0.25) is 0 Å². The maximum absolute atomic E-state index is 11.2. The van der Waals surface area contributed by atoms with Gasteiger partial charge in [0.25, 0.3) is 5.69 Å². The van der Waals surface area contributed by atoms with Crippen molar-refractivity contribution in [2.45, 2.75) is 58.7 Å². The highest BCUT2D eigenvalue weighted by molar-refractivity contribution is 5.62. The van der Waals surface area contributed by atoms with Crippen molar-refractivity contribution in [1.29, 1.82) is 0 Å². The molecule has 0 saturated carbocycles. The highest BCUT2D eigenvalue weighted by Crippen LogP contribution is 2.30. The number of nitro groups is 1. The van der Waals surface area contributed by atoms with Crippen LogP contribution in [0.25, 0.3) is 0 Å². The number of anilines is 1. The summed E-state index contributed by atoms with van der Waals surface area (Å²) in [6, 6.07) is 6.71. The molecule has 1 fully saturated rings. The number of nitro benzene ring substituents is 1. The largest absolute Gasteiger partial charge is 0.380 e. The molecule has 1 aliphatic heterocycles. The summed E-state index contributed by atoms with van der Waals surface area (Å²) in [6.07, 6.45) is 3.59. The second kappa shape index (κ2) is 6.89. The summed E-state index contributed by atoms with van der Waals surface area (Å²) in [4.78, 5) is 13.4. The summed E-state index contributed by atoms with van der Waals surface area (Å²) in [5.74, 6) is 0. The smallest absolute Gasteiger partial charge is 0.292 e. The zero-order chi connectivity index (χ0) is 15.4. The lowest BCUT2D eigenvalue weighted by molar-refractivity contribution is -0.384. The third kappa shape index (κ3) is 3.53. The lowest BCUT2D eigenvalue weighted by Gasteiger charge is -2.27. The van der Waals surface area contributed by atoms with Crippen LogP contribution in [-0.2, 0) is 6.54 Å². The van der Waals surface area contributed by atoms with Crippen molar-refractivity contribution < 1.29 is 4.92 Å². The average molecular weight is 291 g/mol. The van der Waals surface area contributed by atoms with Crippen LogP contribution >= 0.6 is 0 Å². The van der Waals surface area contributed by atoms with E-state index in [2.05, 4.69) is 24.1 Å². The van der Waals surface area contributed by atoms with Gasteiger partial charge in [-0.1, -0.05) is 13.0 Å². The van der Waals surface area contributed by atoms with Gasteiger partial charge in [-0.05, 0) is 44.7 Å². The summed E-state index contributed by atoms with van der Waals surface area (Å²) in [6.45, 7) is 7.88.